The third-order valence-corrected chi connectivity index (χ3v) is 3.20. The lowest BCUT2D eigenvalue weighted by Gasteiger charge is -2.17. The Kier molecular flexibility index (Phi) is 2.14. The maximum Gasteiger partial charge on any atom is 0.333 e. The fourth-order valence-electron chi connectivity index (χ4n) is 2.24. The average Bonchev–Trinajstić information content (AvgIpc) is 2.51. The lowest BCUT2D eigenvalue weighted by atomic mass is 10.2. The SMILES string of the molecule is Cc1c2n(c(=O)[nH]c1=O)C1CC(O)C(CO2)O1. The molecule has 3 unspecified atom stereocenters. The largest absolute Gasteiger partial charge is 0.475 e. The summed E-state index contributed by atoms with van der Waals surface area (Å²) in [5.41, 5.74) is -0.690. The molecule has 2 aliphatic heterocycles. The van der Waals surface area contributed by atoms with Crippen molar-refractivity contribution >= 4 is 0 Å². The third-order valence-electron chi connectivity index (χ3n) is 3.20. The Labute approximate surface area is 95.6 Å². The van der Waals surface area contributed by atoms with Crippen LogP contribution < -0.4 is 16.0 Å². The monoisotopic (exact) mass is 240 g/mol. The second kappa shape index (κ2) is 3.44. The molecule has 2 bridgehead atoms. The van der Waals surface area contributed by atoms with E-state index in [4.69, 9.17) is 9.47 Å². The Morgan fingerprint density at radius 1 is 1.47 bits per heavy atom. The number of ether oxygens (including phenoxy) is 2. The number of aromatic amines is 1. The molecule has 2 aliphatic rings. The molecule has 1 aromatic rings. The number of aliphatic hydroxyl groups excluding tert-OH is 1. The van der Waals surface area contributed by atoms with Gasteiger partial charge in [0, 0.05) is 6.42 Å². The molecule has 0 radical (unpaired) electrons. The van der Waals surface area contributed by atoms with Gasteiger partial charge in [0.25, 0.3) is 5.56 Å². The summed E-state index contributed by atoms with van der Waals surface area (Å²) in [6.07, 6.45) is -1.34. The molecule has 0 amide bonds. The van der Waals surface area contributed by atoms with Gasteiger partial charge in [0.1, 0.15) is 18.9 Å². The van der Waals surface area contributed by atoms with Gasteiger partial charge in [-0.3, -0.25) is 9.78 Å². The molecule has 1 fully saturated rings. The highest BCUT2D eigenvalue weighted by atomic mass is 16.6. The van der Waals surface area contributed by atoms with E-state index in [0.717, 1.165) is 0 Å². The normalized spacial score (nSPS) is 30.6. The molecule has 0 spiro atoms. The smallest absolute Gasteiger partial charge is 0.333 e. The van der Waals surface area contributed by atoms with E-state index in [1.54, 1.807) is 6.92 Å². The predicted octanol–water partition coefficient (Wildman–Crippen LogP) is -1.11. The van der Waals surface area contributed by atoms with Crippen molar-refractivity contribution in [2.24, 2.45) is 0 Å². The Hall–Kier alpha value is -1.60. The number of aromatic nitrogens is 2. The van der Waals surface area contributed by atoms with Gasteiger partial charge in [0.05, 0.1) is 11.7 Å². The maximum absolute atomic E-state index is 11.7. The quantitative estimate of drug-likeness (QED) is 0.599. The predicted molar refractivity (Wildman–Crippen MR) is 56.1 cm³/mol. The first-order valence-corrected chi connectivity index (χ1v) is 5.39. The summed E-state index contributed by atoms with van der Waals surface area (Å²) >= 11 is 0. The fraction of sp³-hybridized carbons (Fsp3) is 0.600. The molecule has 7 nitrogen and oxygen atoms in total. The highest BCUT2D eigenvalue weighted by Crippen LogP contribution is 2.34. The summed E-state index contributed by atoms with van der Waals surface area (Å²) in [4.78, 5) is 25.4. The van der Waals surface area contributed by atoms with E-state index in [1.165, 1.54) is 4.57 Å². The lowest BCUT2D eigenvalue weighted by Crippen LogP contribution is -2.35. The lowest BCUT2D eigenvalue weighted by molar-refractivity contribution is -0.0214. The fourth-order valence-corrected chi connectivity index (χ4v) is 2.24. The van der Waals surface area contributed by atoms with Crippen LogP contribution in [-0.4, -0.2) is 33.5 Å². The molecule has 2 N–H and O–H groups in total. The molecule has 1 aromatic heterocycles. The Morgan fingerprint density at radius 3 is 3.00 bits per heavy atom. The van der Waals surface area contributed by atoms with E-state index in [2.05, 4.69) is 4.98 Å². The molecular formula is C10H12N2O5. The Balaban J connectivity index is 2.23. The molecule has 0 saturated carbocycles. The van der Waals surface area contributed by atoms with E-state index >= 15 is 0 Å². The molecule has 7 heteroatoms. The number of nitrogens with one attached hydrogen (secondary N) is 1. The van der Waals surface area contributed by atoms with Gasteiger partial charge in [-0.15, -0.1) is 0 Å². The van der Waals surface area contributed by atoms with Crippen molar-refractivity contribution in [2.45, 2.75) is 31.8 Å². The molecule has 0 aliphatic carbocycles. The minimum Gasteiger partial charge on any atom is -0.475 e. The number of fused-ring (bicyclic) bond motifs is 4. The molecule has 17 heavy (non-hydrogen) atoms. The second-order valence-electron chi connectivity index (χ2n) is 4.30. The number of rotatable bonds is 0. The average molecular weight is 240 g/mol. The van der Waals surface area contributed by atoms with E-state index in [-0.39, 0.29) is 12.5 Å². The Bertz CT molecular complexity index is 575. The van der Waals surface area contributed by atoms with E-state index in [9.17, 15) is 14.7 Å². The molecular weight excluding hydrogens is 228 g/mol. The van der Waals surface area contributed by atoms with Crippen molar-refractivity contribution in [1.29, 1.82) is 0 Å². The zero-order valence-electron chi connectivity index (χ0n) is 9.17. The van der Waals surface area contributed by atoms with Crippen LogP contribution in [0.5, 0.6) is 5.88 Å². The zero-order chi connectivity index (χ0) is 12.2. The number of hydrogen-bond acceptors (Lipinski definition) is 5. The molecule has 0 aromatic carbocycles. The van der Waals surface area contributed by atoms with Crippen LogP contribution in [0.3, 0.4) is 0 Å². The van der Waals surface area contributed by atoms with E-state index < -0.39 is 29.7 Å². The number of H-pyrrole nitrogens is 1. The van der Waals surface area contributed by atoms with Crippen LogP contribution in [0.15, 0.2) is 9.59 Å². The number of hydrogen-bond donors (Lipinski definition) is 2. The zero-order valence-corrected chi connectivity index (χ0v) is 9.17. The van der Waals surface area contributed by atoms with Crippen LogP contribution in [0.1, 0.15) is 18.2 Å². The first kappa shape index (κ1) is 10.5. The van der Waals surface area contributed by atoms with Gasteiger partial charge in [0.2, 0.25) is 5.88 Å². The van der Waals surface area contributed by atoms with Crippen LogP contribution in [-0.2, 0) is 4.74 Å². The van der Waals surface area contributed by atoms with Crippen LogP contribution in [0.4, 0.5) is 0 Å². The van der Waals surface area contributed by atoms with Crippen molar-refractivity contribution in [3.05, 3.63) is 26.4 Å². The van der Waals surface area contributed by atoms with Crippen molar-refractivity contribution in [3.8, 4) is 5.88 Å². The maximum atomic E-state index is 11.7. The second-order valence-corrected chi connectivity index (χ2v) is 4.30. The highest BCUT2D eigenvalue weighted by molar-refractivity contribution is 5.23. The molecule has 1 saturated heterocycles. The van der Waals surface area contributed by atoms with Gasteiger partial charge in [0.15, 0.2) is 0 Å². The third kappa shape index (κ3) is 1.43. The van der Waals surface area contributed by atoms with Gasteiger partial charge >= 0.3 is 5.69 Å². The van der Waals surface area contributed by atoms with E-state index in [0.29, 0.717) is 12.0 Å². The van der Waals surface area contributed by atoms with Crippen molar-refractivity contribution in [2.75, 3.05) is 6.61 Å². The van der Waals surface area contributed by atoms with Crippen LogP contribution in [0, 0.1) is 6.92 Å². The van der Waals surface area contributed by atoms with Crippen molar-refractivity contribution < 1.29 is 14.6 Å². The molecule has 3 atom stereocenters. The first-order chi connectivity index (χ1) is 8.08. The molecule has 3 rings (SSSR count). The summed E-state index contributed by atoms with van der Waals surface area (Å²) in [7, 11) is 0. The summed E-state index contributed by atoms with van der Waals surface area (Å²) < 4.78 is 12.2. The summed E-state index contributed by atoms with van der Waals surface area (Å²) in [6.45, 7) is 1.72. The Morgan fingerprint density at radius 2 is 2.24 bits per heavy atom. The summed E-state index contributed by atoms with van der Waals surface area (Å²) in [5.74, 6) is 0.234. The van der Waals surface area contributed by atoms with Crippen LogP contribution in [0.25, 0.3) is 0 Å². The number of aliphatic hydroxyl groups is 1. The van der Waals surface area contributed by atoms with Crippen LogP contribution >= 0.6 is 0 Å². The van der Waals surface area contributed by atoms with Gasteiger partial charge in [-0.05, 0) is 6.92 Å². The minimum absolute atomic E-state index is 0.140. The minimum atomic E-state index is -0.646. The van der Waals surface area contributed by atoms with E-state index in [1.807, 2.05) is 0 Å². The van der Waals surface area contributed by atoms with Crippen molar-refractivity contribution in [1.82, 2.24) is 9.55 Å². The first-order valence-electron chi connectivity index (χ1n) is 5.39. The summed E-state index contributed by atoms with van der Waals surface area (Å²) in [6, 6.07) is 0. The standard InChI is InChI=1S/C10H12N2O5/c1-4-8(14)11-10(15)12-7-2-5(13)6(17-7)3-16-9(4)12/h5-7,13H,2-3H2,1H3,(H,11,14,15). The number of nitrogens with zero attached hydrogens (tertiary/aromatic N) is 1. The highest BCUT2D eigenvalue weighted by Gasteiger charge is 2.40. The summed E-state index contributed by atoms with van der Waals surface area (Å²) in [5, 5.41) is 9.67. The van der Waals surface area contributed by atoms with Crippen molar-refractivity contribution in [3.63, 3.8) is 0 Å². The van der Waals surface area contributed by atoms with Gasteiger partial charge in [-0.2, -0.15) is 0 Å². The molecule has 3 heterocycles. The topological polar surface area (TPSA) is 93.6 Å². The van der Waals surface area contributed by atoms with Gasteiger partial charge < -0.3 is 14.6 Å². The van der Waals surface area contributed by atoms with Gasteiger partial charge in [-0.1, -0.05) is 0 Å². The van der Waals surface area contributed by atoms with Crippen LogP contribution in [0.2, 0.25) is 0 Å². The van der Waals surface area contributed by atoms with Gasteiger partial charge in [-0.25, -0.2) is 9.36 Å². The molecule has 92 valence electrons.